The number of hydrogen-bond acceptors (Lipinski definition) is 3. The van der Waals surface area contributed by atoms with E-state index in [0.717, 1.165) is 61.8 Å². The Bertz CT molecular complexity index is 2310. The summed E-state index contributed by atoms with van der Waals surface area (Å²) in [5.41, 5.74) is 8.53. The fourth-order valence-corrected chi connectivity index (χ4v) is 6.24. The molecule has 5 heteroatoms. The summed E-state index contributed by atoms with van der Waals surface area (Å²) < 4.78 is 10.7. The Hall–Kier alpha value is -5.94. The summed E-state index contributed by atoms with van der Waals surface area (Å²) in [6.07, 6.45) is 4.00. The largest absolute Gasteiger partial charge is 0.457 e. The first kappa shape index (κ1) is 28.5. The predicted molar refractivity (Wildman–Crippen MR) is 192 cm³/mol. The SMILES string of the molecule is CC(C)(C)c1ccnc(-n2c3ccccc3c3ccc(Oc4cccc(-n5cc(-c6ccccc6)c(-c6ccccc6)n5)c4)cc32)c1. The molecule has 0 aliphatic heterocycles. The van der Waals surface area contributed by atoms with Crippen LogP contribution in [0, 0.1) is 0 Å². The zero-order valence-electron chi connectivity index (χ0n) is 26.6. The highest BCUT2D eigenvalue weighted by Crippen LogP contribution is 2.37. The van der Waals surface area contributed by atoms with Crippen LogP contribution in [-0.2, 0) is 5.41 Å². The van der Waals surface area contributed by atoms with Crippen molar-refractivity contribution < 1.29 is 4.74 Å². The van der Waals surface area contributed by atoms with Crippen LogP contribution < -0.4 is 4.74 Å². The monoisotopic (exact) mass is 610 g/mol. The van der Waals surface area contributed by atoms with Crippen molar-refractivity contribution in [2.45, 2.75) is 26.2 Å². The molecule has 0 amide bonds. The van der Waals surface area contributed by atoms with Crippen LogP contribution in [0.4, 0.5) is 0 Å². The average Bonchev–Trinajstić information content (AvgIpc) is 3.69. The molecule has 5 aromatic carbocycles. The third-order valence-corrected chi connectivity index (χ3v) is 8.65. The molecule has 8 aromatic rings. The van der Waals surface area contributed by atoms with E-state index in [1.54, 1.807) is 0 Å². The van der Waals surface area contributed by atoms with Crippen molar-refractivity contribution >= 4 is 21.8 Å². The number of hydrogen-bond donors (Lipinski definition) is 0. The van der Waals surface area contributed by atoms with E-state index in [2.05, 4.69) is 123 Å². The van der Waals surface area contributed by atoms with Gasteiger partial charge in [-0.25, -0.2) is 9.67 Å². The van der Waals surface area contributed by atoms with Crippen molar-refractivity contribution in [2.75, 3.05) is 0 Å². The number of ether oxygens (including phenoxy) is 1. The molecule has 0 saturated carbocycles. The summed E-state index contributed by atoms with van der Waals surface area (Å²) in [6.45, 7) is 6.69. The lowest BCUT2D eigenvalue weighted by Crippen LogP contribution is -2.12. The second kappa shape index (κ2) is 11.5. The Balaban J connectivity index is 1.19. The lowest BCUT2D eigenvalue weighted by atomic mass is 9.88. The van der Waals surface area contributed by atoms with Crippen LogP contribution in [0.5, 0.6) is 11.5 Å². The maximum Gasteiger partial charge on any atom is 0.137 e. The molecule has 0 bridgehead atoms. The van der Waals surface area contributed by atoms with Crippen molar-refractivity contribution in [1.29, 1.82) is 0 Å². The van der Waals surface area contributed by atoms with Gasteiger partial charge in [0.1, 0.15) is 23.0 Å². The highest BCUT2D eigenvalue weighted by molar-refractivity contribution is 6.09. The van der Waals surface area contributed by atoms with Gasteiger partial charge in [-0.15, -0.1) is 0 Å². The minimum atomic E-state index is 0.00797. The summed E-state index contributed by atoms with van der Waals surface area (Å²) in [5.74, 6) is 2.38. The summed E-state index contributed by atoms with van der Waals surface area (Å²) >= 11 is 0. The van der Waals surface area contributed by atoms with Gasteiger partial charge in [0.2, 0.25) is 0 Å². The number of pyridine rings is 1. The Kier molecular flexibility index (Phi) is 6.95. The third kappa shape index (κ3) is 5.36. The molecule has 0 unspecified atom stereocenters. The summed E-state index contributed by atoms with van der Waals surface area (Å²) in [6, 6.07) is 47.9. The van der Waals surface area contributed by atoms with Gasteiger partial charge in [0.15, 0.2) is 0 Å². The molecular weight excluding hydrogens is 576 g/mol. The second-order valence-corrected chi connectivity index (χ2v) is 12.9. The van der Waals surface area contributed by atoms with Gasteiger partial charge in [-0.05, 0) is 59.0 Å². The Labute approximate surface area is 274 Å². The quantitative estimate of drug-likeness (QED) is 0.188. The molecule has 0 aliphatic rings. The number of aromatic nitrogens is 4. The minimum Gasteiger partial charge on any atom is -0.457 e. The maximum atomic E-state index is 6.54. The molecule has 5 nitrogen and oxygen atoms in total. The number of rotatable bonds is 6. The molecule has 0 spiro atoms. The molecule has 0 fully saturated rings. The lowest BCUT2D eigenvalue weighted by Gasteiger charge is -2.20. The van der Waals surface area contributed by atoms with E-state index in [4.69, 9.17) is 14.8 Å². The van der Waals surface area contributed by atoms with Gasteiger partial charge in [-0.3, -0.25) is 4.57 Å². The van der Waals surface area contributed by atoms with E-state index in [1.165, 1.54) is 10.9 Å². The van der Waals surface area contributed by atoms with Gasteiger partial charge < -0.3 is 4.74 Å². The minimum absolute atomic E-state index is 0.00797. The van der Waals surface area contributed by atoms with Crippen LogP contribution in [0.1, 0.15) is 26.3 Å². The molecule has 3 aromatic heterocycles. The van der Waals surface area contributed by atoms with Crippen LogP contribution in [0.3, 0.4) is 0 Å². The first-order chi connectivity index (χ1) is 22.9. The van der Waals surface area contributed by atoms with Crippen molar-refractivity contribution in [3.8, 4) is 45.4 Å². The summed E-state index contributed by atoms with van der Waals surface area (Å²) in [4.78, 5) is 4.82. The average molecular weight is 611 g/mol. The number of benzene rings is 5. The zero-order chi connectivity index (χ0) is 32.0. The van der Waals surface area contributed by atoms with Crippen molar-refractivity contribution in [3.63, 3.8) is 0 Å². The molecule has 0 saturated heterocycles. The first-order valence-corrected chi connectivity index (χ1v) is 15.9. The van der Waals surface area contributed by atoms with E-state index in [9.17, 15) is 0 Å². The Morgan fingerprint density at radius 1 is 0.596 bits per heavy atom. The fourth-order valence-electron chi connectivity index (χ4n) is 6.24. The lowest BCUT2D eigenvalue weighted by molar-refractivity contribution is 0.483. The van der Waals surface area contributed by atoms with Crippen LogP contribution >= 0.6 is 0 Å². The third-order valence-electron chi connectivity index (χ3n) is 8.65. The standard InChI is InChI=1S/C42H34N4O/c1-42(2,3)31-23-24-43-40(25-31)46-38-20-11-10-19-35(38)36-22-21-34(27-39(36)46)47-33-18-12-17-32(26-33)45-28-37(29-13-6-4-7-14-29)41(44-45)30-15-8-5-9-16-30/h4-28H,1-3H3. The van der Waals surface area contributed by atoms with E-state index in [1.807, 2.05) is 59.4 Å². The molecular formula is C42H34N4O. The van der Waals surface area contributed by atoms with Gasteiger partial charge in [0.25, 0.3) is 0 Å². The van der Waals surface area contributed by atoms with Crippen LogP contribution in [0.25, 0.3) is 55.7 Å². The van der Waals surface area contributed by atoms with E-state index >= 15 is 0 Å². The Morgan fingerprint density at radius 3 is 2.09 bits per heavy atom. The van der Waals surface area contributed by atoms with Crippen LogP contribution in [-0.4, -0.2) is 19.3 Å². The van der Waals surface area contributed by atoms with E-state index in [-0.39, 0.29) is 5.41 Å². The van der Waals surface area contributed by atoms with Gasteiger partial charge >= 0.3 is 0 Å². The van der Waals surface area contributed by atoms with Crippen LogP contribution in [0.15, 0.2) is 152 Å². The molecule has 47 heavy (non-hydrogen) atoms. The second-order valence-electron chi connectivity index (χ2n) is 12.9. The Morgan fingerprint density at radius 2 is 1.30 bits per heavy atom. The van der Waals surface area contributed by atoms with Gasteiger partial charge in [0, 0.05) is 46.4 Å². The molecule has 0 atom stereocenters. The zero-order valence-corrected chi connectivity index (χ0v) is 26.6. The van der Waals surface area contributed by atoms with Gasteiger partial charge in [0.05, 0.1) is 16.7 Å². The van der Waals surface area contributed by atoms with E-state index in [0.29, 0.717) is 0 Å². The van der Waals surface area contributed by atoms with Crippen LogP contribution in [0.2, 0.25) is 0 Å². The first-order valence-electron chi connectivity index (χ1n) is 15.9. The highest BCUT2D eigenvalue weighted by atomic mass is 16.5. The normalized spacial score (nSPS) is 11.7. The molecule has 8 rings (SSSR count). The number of nitrogens with zero attached hydrogens (tertiary/aromatic N) is 4. The van der Waals surface area contributed by atoms with Gasteiger partial charge in [-0.1, -0.05) is 106 Å². The fraction of sp³-hybridized carbons (Fsp3) is 0.0952. The number of fused-ring (bicyclic) bond motifs is 3. The highest BCUT2D eigenvalue weighted by Gasteiger charge is 2.19. The van der Waals surface area contributed by atoms with Crippen molar-refractivity contribution in [1.82, 2.24) is 19.3 Å². The molecule has 0 N–H and O–H groups in total. The maximum absolute atomic E-state index is 6.54. The topological polar surface area (TPSA) is 44.9 Å². The molecule has 3 heterocycles. The van der Waals surface area contributed by atoms with Crippen molar-refractivity contribution in [2.24, 2.45) is 0 Å². The van der Waals surface area contributed by atoms with Crippen molar-refractivity contribution in [3.05, 3.63) is 157 Å². The predicted octanol–water partition coefficient (Wildman–Crippen LogP) is 10.8. The number of para-hydroxylation sites is 1. The molecule has 228 valence electrons. The molecule has 0 radical (unpaired) electrons. The summed E-state index contributed by atoms with van der Waals surface area (Å²) in [5, 5.41) is 7.40. The smallest absolute Gasteiger partial charge is 0.137 e. The van der Waals surface area contributed by atoms with E-state index < -0.39 is 0 Å². The summed E-state index contributed by atoms with van der Waals surface area (Å²) in [7, 11) is 0. The van der Waals surface area contributed by atoms with Gasteiger partial charge in [-0.2, -0.15) is 5.10 Å². The molecule has 0 aliphatic carbocycles.